The van der Waals surface area contributed by atoms with Gasteiger partial charge in [-0.25, -0.2) is 0 Å². The molecular formula is C20H23N3O2. The molecule has 0 aliphatic carbocycles. The molecule has 3 aromatic rings. The number of aromatic nitrogens is 2. The Bertz CT molecular complexity index is 800. The van der Waals surface area contributed by atoms with Crippen molar-refractivity contribution >= 4 is 0 Å². The average Bonchev–Trinajstić information content (AvgIpc) is 3.02. The second-order valence-corrected chi connectivity index (χ2v) is 5.83. The Morgan fingerprint density at radius 1 is 1.00 bits per heavy atom. The first-order chi connectivity index (χ1) is 12.3. The fourth-order valence-corrected chi connectivity index (χ4v) is 2.78. The van der Waals surface area contributed by atoms with Gasteiger partial charge in [0.25, 0.3) is 0 Å². The van der Waals surface area contributed by atoms with E-state index in [2.05, 4.69) is 22.5 Å². The topological polar surface area (TPSA) is 59.3 Å². The number of benzene rings is 2. The zero-order valence-electron chi connectivity index (χ0n) is 14.4. The lowest BCUT2D eigenvalue weighted by Gasteiger charge is -2.11. The maximum Gasteiger partial charge on any atom is 0.123 e. The Balaban J connectivity index is 1.67. The quantitative estimate of drug-likeness (QED) is 0.664. The van der Waals surface area contributed by atoms with Gasteiger partial charge in [0.2, 0.25) is 0 Å². The number of aryl methyl sites for hydroxylation is 1. The number of hydrogen-bond donors (Lipinski definition) is 2. The summed E-state index contributed by atoms with van der Waals surface area (Å²) in [6.07, 6.45) is 2.05. The minimum atomic E-state index is 0.0118. The van der Waals surface area contributed by atoms with E-state index in [4.69, 9.17) is 9.84 Å². The number of nitrogens with one attached hydrogen (secondary N) is 1. The van der Waals surface area contributed by atoms with Gasteiger partial charge < -0.3 is 15.2 Å². The van der Waals surface area contributed by atoms with Gasteiger partial charge in [0.1, 0.15) is 12.4 Å². The van der Waals surface area contributed by atoms with Crippen LogP contribution in [-0.2, 0) is 20.1 Å². The van der Waals surface area contributed by atoms with Crippen LogP contribution in [0.4, 0.5) is 0 Å². The summed E-state index contributed by atoms with van der Waals surface area (Å²) in [5.74, 6) is 0.804. The van der Waals surface area contributed by atoms with Crippen LogP contribution in [0.5, 0.6) is 5.75 Å². The minimum Gasteiger partial charge on any atom is -0.491 e. The Morgan fingerprint density at radius 2 is 1.72 bits per heavy atom. The van der Waals surface area contributed by atoms with Crippen LogP contribution >= 0.6 is 0 Å². The Kier molecular flexibility index (Phi) is 5.82. The smallest absolute Gasteiger partial charge is 0.123 e. The first kappa shape index (κ1) is 17.2. The molecule has 0 aliphatic heterocycles. The van der Waals surface area contributed by atoms with Crippen molar-refractivity contribution in [3.8, 4) is 17.0 Å². The van der Waals surface area contributed by atoms with Crippen LogP contribution in [-0.4, -0.2) is 28.1 Å². The molecule has 25 heavy (non-hydrogen) atoms. The second kappa shape index (κ2) is 8.46. The molecule has 0 bridgehead atoms. The molecule has 130 valence electrons. The fourth-order valence-electron chi connectivity index (χ4n) is 2.78. The zero-order valence-corrected chi connectivity index (χ0v) is 14.4. The monoisotopic (exact) mass is 337 g/mol. The summed E-state index contributed by atoms with van der Waals surface area (Å²) in [4.78, 5) is 0. The molecule has 0 saturated heterocycles. The van der Waals surface area contributed by atoms with E-state index in [1.165, 1.54) is 0 Å². The van der Waals surface area contributed by atoms with Crippen molar-refractivity contribution in [1.82, 2.24) is 15.1 Å². The van der Waals surface area contributed by atoms with Gasteiger partial charge in [-0.2, -0.15) is 5.10 Å². The molecule has 0 atom stereocenters. The van der Waals surface area contributed by atoms with Crippen molar-refractivity contribution in [2.45, 2.75) is 13.1 Å². The third kappa shape index (κ3) is 4.47. The summed E-state index contributed by atoms with van der Waals surface area (Å²) in [5, 5.41) is 17.0. The van der Waals surface area contributed by atoms with Crippen molar-refractivity contribution < 1.29 is 9.84 Å². The van der Waals surface area contributed by atoms with Gasteiger partial charge in [-0.1, -0.05) is 48.5 Å². The predicted molar refractivity (Wildman–Crippen MR) is 98.2 cm³/mol. The van der Waals surface area contributed by atoms with Crippen LogP contribution in [0.2, 0.25) is 0 Å². The number of nitrogens with zero attached hydrogens (tertiary/aromatic N) is 2. The van der Waals surface area contributed by atoms with E-state index < -0.39 is 0 Å². The molecule has 5 heteroatoms. The molecular weight excluding hydrogens is 314 g/mol. The van der Waals surface area contributed by atoms with Gasteiger partial charge in [0.15, 0.2) is 0 Å². The van der Waals surface area contributed by atoms with Crippen LogP contribution in [0.3, 0.4) is 0 Å². The molecule has 0 amide bonds. The number of para-hydroxylation sites is 1. The molecule has 1 aromatic heterocycles. The first-order valence-electron chi connectivity index (χ1n) is 8.38. The van der Waals surface area contributed by atoms with E-state index >= 15 is 0 Å². The maximum atomic E-state index is 8.93. The zero-order chi connectivity index (χ0) is 17.5. The lowest BCUT2D eigenvalue weighted by Crippen LogP contribution is -2.14. The Morgan fingerprint density at radius 3 is 2.52 bits per heavy atom. The largest absolute Gasteiger partial charge is 0.491 e. The highest BCUT2D eigenvalue weighted by Crippen LogP contribution is 2.22. The average molecular weight is 337 g/mol. The highest BCUT2D eigenvalue weighted by Gasteiger charge is 2.10. The highest BCUT2D eigenvalue weighted by molar-refractivity contribution is 5.62. The summed E-state index contributed by atoms with van der Waals surface area (Å²) in [5.41, 5.74) is 4.34. The van der Waals surface area contributed by atoms with Gasteiger partial charge in [0.05, 0.1) is 12.3 Å². The summed E-state index contributed by atoms with van der Waals surface area (Å²) in [6, 6.07) is 18.1. The van der Waals surface area contributed by atoms with Crippen molar-refractivity contribution in [2.75, 3.05) is 13.2 Å². The minimum absolute atomic E-state index is 0.0118. The lowest BCUT2D eigenvalue weighted by molar-refractivity contribution is 0.200. The van der Waals surface area contributed by atoms with Crippen molar-refractivity contribution in [3.05, 3.63) is 71.9 Å². The number of ether oxygens (including phenoxy) is 1. The summed E-state index contributed by atoms with van der Waals surface area (Å²) < 4.78 is 7.42. The third-order valence-electron chi connectivity index (χ3n) is 3.90. The number of aliphatic hydroxyl groups is 1. The van der Waals surface area contributed by atoms with Crippen molar-refractivity contribution in [2.24, 2.45) is 7.05 Å². The van der Waals surface area contributed by atoms with E-state index in [0.29, 0.717) is 19.7 Å². The predicted octanol–water partition coefficient (Wildman–Crippen LogP) is 2.75. The van der Waals surface area contributed by atoms with E-state index in [1.54, 1.807) is 0 Å². The van der Waals surface area contributed by atoms with Crippen molar-refractivity contribution in [3.63, 3.8) is 0 Å². The summed E-state index contributed by atoms with van der Waals surface area (Å²) in [6.45, 7) is 1.72. The molecule has 0 unspecified atom stereocenters. The second-order valence-electron chi connectivity index (χ2n) is 5.83. The Hall–Kier alpha value is -2.63. The molecule has 0 spiro atoms. The Labute approximate surface area is 147 Å². The SMILES string of the molecule is Cn1cc(CNCc2ccccc2OCCO)c(-c2ccccc2)n1. The van der Waals surface area contributed by atoms with Gasteiger partial charge in [-0.15, -0.1) is 0 Å². The summed E-state index contributed by atoms with van der Waals surface area (Å²) >= 11 is 0. The number of hydrogen-bond acceptors (Lipinski definition) is 4. The number of aliphatic hydroxyl groups excluding tert-OH is 1. The van der Waals surface area contributed by atoms with E-state index in [1.807, 2.05) is 60.4 Å². The molecule has 3 rings (SSSR count). The van der Waals surface area contributed by atoms with Crippen LogP contribution in [0, 0.1) is 0 Å². The molecule has 0 aliphatic rings. The molecule has 1 heterocycles. The van der Waals surface area contributed by atoms with Crippen molar-refractivity contribution in [1.29, 1.82) is 0 Å². The van der Waals surface area contributed by atoms with E-state index in [0.717, 1.165) is 28.1 Å². The summed E-state index contributed by atoms with van der Waals surface area (Å²) in [7, 11) is 1.94. The molecule has 0 radical (unpaired) electrons. The molecule has 0 fully saturated rings. The lowest BCUT2D eigenvalue weighted by atomic mass is 10.1. The molecule has 2 aromatic carbocycles. The van der Waals surface area contributed by atoms with Crippen LogP contribution in [0.15, 0.2) is 60.8 Å². The maximum absolute atomic E-state index is 8.93. The number of rotatable bonds is 8. The van der Waals surface area contributed by atoms with E-state index in [-0.39, 0.29) is 6.61 Å². The van der Waals surface area contributed by atoms with E-state index in [9.17, 15) is 0 Å². The fraction of sp³-hybridized carbons (Fsp3) is 0.250. The van der Waals surface area contributed by atoms with Gasteiger partial charge in [-0.3, -0.25) is 4.68 Å². The first-order valence-corrected chi connectivity index (χ1v) is 8.38. The normalized spacial score (nSPS) is 10.8. The van der Waals surface area contributed by atoms with Gasteiger partial charge in [0, 0.05) is 43.0 Å². The standard InChI is InChI=1S/C20H23N3O2/c1-23-15-18(20(22-23)16-7-3-2-4-8-16)14-21-13-17-9-5-6-10-19(17)25-12-11-24/h2-10,15,21,24H,11-14H2,1H3. The third-order valence-corrected chi connectivity index (χ3v) is 3.90. The molecule has 0 saturated carbocycles. The van der Waals surface area contributed by atoms with Gasteiger partial charge in [-0.05, 0) is 6.07 Å². The highest BCUT2D eigenvalue weighted by atomic mass is 16.5. The van der Waals surface area contributed by atoms with Gasteiger partial charge >= 0.3 is 0 Å². The molecule has 5 nitrogen and oxygen atoms in total. The molecule has 2 N–H and O–H groups in total. The van der Waals surface area contributed by atoms with Crippen LogP contribution in [0.1, 0.15) is 11.1 Å². The van der Waals surface area contributed by atoms with Crippen LogP contribution in [0.25, 0.3) is 11.3 Å². The van der Waals surface area contributed by atoms with Crippen LogP contribution < -0.4 is 10.1 Å².